The van der Waals surface area contributed by atoms with E-state index in [1.807, 2.05) is 39.0 Å². The number of carbonyl (C=O) groups is 1. The number of esters is 1. The van der Waals surface area contributed by atoms with Gasteiger partial charge in [0.2, 0.25) is 0 Å². The summed E-state index contributed by atoms with van der Waals surface area (Å²) in [6.07, 6.45) is 6.57. The van der Waals surface area contributed by atoms with Gasteiger partial charge in [0.1, 0.15) is 11.4 Å². The van der Waals surface area contributed by atoms with Gasteiger partial charge >= 0.3 is 5.97 Å². The zero-order chi connectivity index (χ0) is 26.1. The molecule has 1 aliphatic rings. The highest BCUT2D eigenvalue weighted by Gasteiger charge is 2.33. The lowest BCUT2D eigenvalue weighted by Crippen LogP contribution is -2.25. The molecule has 0 N–H and O–H groups in total. The Bertz CT molecular complexity index is 1080. The molecular formula is C32H41NO4. The van der Waals surface area contributed by atoms with Crippen LogP contribution in [0.5, 0.6) is 0 Å². The molecule has 1 heterocycles. The first-order valence-electron chi connectivity index (χ1n) is 13.7. The van der Waals surface area contributed by atoms with E-state index in [4.69, 9.17) is 14.0 Å². The van der Waals surface area contributed by atoms with Crippen LogP contribution in [0.4, 0.5) is 0 Å². The first-order chi connectivity index (χ1) is 17.9. The van der Waals surface area contributed by atoms with E-state index in [9.17, 15) is 4.79 Å². The number of aromatic nitrogens is 1. The van der Waals surface area contributed by atoms with Gasteiger partial charge in [0, 0.05) is 24.5 Å². The van der Waals surface area contributed by atoms with E-state index in [0.29, 0.717) is 25.6 Å². The summed E-state index contributed by atoms with van der Waals surface area (Å²) < 4.78 is 17.3. The highest BCUT2D eigenvalue weighted by Crippen LogP contribution is 2.44. The van der Waals surface area contributed by atoms with Gasteiger partial charge in [-0.3, -0.25) is 4.79 Å². The Morgan fingerprint density at radius 3 is 2.38 bits per heavy atom. The van der Waals surface area contributed by atoms with E-state index in [0.717, 1.165) is 55.0 Å². The molecule has 198 valence electrons. The molecule has 1 saturated carbocycles. The van der Waals surface area contributed by atoms with Gasteiger partial charge < -0.3 is 14.0 Å². The maximum absolute atomic E-state index is 12.6. The van der Waals surface area contributed by atoms with E-state index in [2.05, 4.69) is 53.7 Å². The molecule has 1 atom stereocenters. The minimum atomic E-state index is -0.504. The molecule has 0 unspecified atom stereocenters. The molecule has 1 aromatic heterocycles. The van der Waals surface area contributed by atoms with Crippen molar-refractivity contribution in [3.8, 4) is 0 Å². The Labute approximate surface area is 221 Å². The SMILES string of the molecule is CC(C)(C)OC(=O)C[C@H](CCCOCc1ccccc1)c1cc([C@H]2C[C@@H](CCc3ccccc3)C2)on1. The highest BCUT2D eigenvalue weighted by atomic mass is 16.6. The third-order valence-electron chi connectivity index (χ3n) is 7.07. The summed E-state index contributed by atoms with van der Waals surface area (Å²) in [5, 5.41) is 4.41. The predicted molar refractivity (Wildman–Crippen MR) is 145 cm³/mol. The second kappa shape index (κ2) is 13.0. The number of ether oxygens (including phenoxy) is 2. The van der Waals surface area contributed by atoms with Gasteiger partial charge in [-0.05, 0) is 76.3 Å². The average molecular weight is 504 g/mol. The molecule has 4 rings (SSSR count). The summed E-state index contributed by atoms with van der Waals surface area (Å²) >= 11 is 0. The second-order valence-corrected chi connectivity index (χ2v) is 11.4. The molecule has 0 aliphatic heterocycles. The molecule has 1 aliphatic carbocycles. The lowest BCUT2D eigenvalue weighted by Gasteiger charge is -2.33. The van der Waals surface area contributed by atoms with Gasteiger partial charge in [-0.2, -0.15) is 0 Å². The Morgan fingerprint density at radius 2 is 1.70 bits per heavy atom. The molecule has 0 spiro atoms. The van der Waals surface area contributed by atoms with Crippen LogP contribution < -0.4 is 0 Å². The lowest BCUT2D eigenvalue weighted by molar-refractivity contribution is -0.155. The smallest absolute Gasteiger partial charge is 0.306 e. The molecule has 3 aromatic rings. The summed E-state index contributed by atoms with van der Waals surface area (Å²) in [6, 6.07) is 22.9. The van der Waals surface area contributed by atoms with E-state index in [-0.39, 0.29) is 11.9 Å². The van der Waals surface area contributed by atoms with Crippen molar-refractivity contribution in [3.05, 3.63) is 89.3 Å². The van der Waals surface area contributed by atoms with Crippen LogP contribution in [0.1, 0.15) is 93.7 Å². The Kier molecular flexibility index (Phi) is 9.56. The van der Waals surface area contributed by atoms with Gasteiger partial charge in [-0.1, -0.05) is 65.8 Å². The minimum absolute atomic E-state index is 0.0402. The van der Waals surface area contributed by atoms with Crippen LogP contribution in [0.15, 0.2) is 71.3 Å². The van der Waals surface area contributed by atoms with Crippen molar-refractivity contribution in [2.45, 2.75) is 89.8 Å². The fraction of sp³-hybridized carbons (Fsp3) is 0.500. The number of hydrogen-bond donors (Lipinski definition) is 0. The summed E-state index contributed by atoms with van der Waals surface area (Å²) in [7, 11) is 0. The van der Waals surface area contributed by atoms with E-state index in [1.54, 1.807) is 0 Å². The first kappa shape index (κ1) is 27.1. The molecule has 0 saturated heterocycles. The van der Waals surface area contributed by atoms with Gasteiger partial charge in [0.15, 0.2) is 0 Å². The van der Waals surface area contributed by atoms with Crippen molar-refractivity contribution >= 4 is 5.97 Å². The molecule has 0 amide bonds. The van der Waals surface area contributed by atoms with Crippen molar-refractivity contribution in [2.75, 3.05) is 6.61 Å². The molecule has 0 bridgehead atoms. The fourth-order valence-corrected chi connectivity index (χ4v) is 5.04. The second-order valence-electron chi connectivity index (χ2n) is 11.4. The van der Waals surface area contributed by atoms with E-state index < -0.39 is 5.60 Å². The van der Waals surface area contributed by atoms with E-state index >= 15 is 0 Å². The summed E-state index contributed by atoms with van der Waals surface area (Å²) in [6.45, 7) is 6.93. The number of rotatable bonds is 13. The monoisotopic (exact) mass is 503 g/mol. The van der Waals surface area contributed by atoms with Gasteiger partial charge in [-0.25, -0.2) is 0 Å². The van der Waals surface area contributed by atoms with Crippen LogP contribution in [0.2, 0.25) is 0 Å². The Morgan fingerprint density at radius 1 is 1.03 bits per heavy atom. The zero-order valence-corrected chi connectivity index (χ0v) is 22.5. The maximum atomic E-state index is 12.6. The number of benzene rings is 2. The van der Waals surface area contributed by atoms with Gasteiger partial charge in [-0.15, -0.1) is 0 Å². The number of carbonyl (C=O) groups excluding carboxylic acids is 1. The van der Waals surface area contributed by atoms with Crippen molar-refractivity contribution < 1.29 is 18.8 Å². The largest absolute Gasteiger partial charge is 0.460 e. The molecule has 5 nitrogen and oxygen atoms in total. The predicted octanol–water partition coefficient (Wildman–Crippen LogP) is 7.61. The maximum Gasteiger partial charge on any atom is 0.306 e. The van der Waals surface area contributed by atoms with Crippen LogP contribution in [-0.4, -0.2) is 23.3 Å². The van der Waals surface area contributed by atoms with Crippen molar-refractivity contribution in [3.63, 3.8) is 0 Å². The zero-order valence-electron chi connectivity index (χ0n) is 22.5. The number of nitrogens with zero attached hydrogens (tertiary/aromatic N) is 1. The third-order valence-corrected chi connectivity index (χ3v) is 7.07. The number of aryl methyl sites for hydroxylation is 1. The Hall–Kier alpha value is -2.92. The van der Waals surface area contributed by atoms with Crippen LogP contribution in [-0.2, 0) is 27.3 Å². The topological polar surface area (TPSA) is 61.6 Å². The standard InChI is InChI=1S/C32H41NO4/c1-32(2,3)36-31(34)21-27(15-10-18-35-23-25-13-8-5-9-14-25)29-22-30(37-33-29)28-19-26(20-28)17-16-24-11-6-4-7-12-24/h4-9,11-14,22,26-28H,10,15-21,23H2,1-3H3/t26-,27-,28+/m0/s1. The van der Waals surface area contributed by atoms with Gasteiger partial charge in [0.25, 0.3) is 0 Å². The lowest BCUT2D eigenvalue weighted by atomic mass is 9.71. The summed E-state index contributed by atoms with van der Waals surface area (Å²) in [5.74, 6) is 1.88. The van der Waals surface area contributed by atoms with Crippen LogP contribution in [0, 0.1) is 5.92 Å². The van der Waals surface area contributed by atoms with Crippen LogP contribution >= 0.6 is 0 Å². The number of hydrogen-bond acceptors (Lipinski definition) is 5. The first-order valence-corrected chi connectivity index (χ1v) is 13.7. The molecule has 0 radical (unpaired) electrons. The van der Waals surface area contributed by atoms with Gasteiger partial charge in [0.05, 0.1) is 18.7 Å². The molecule has 5 heteroatoms. The van der Waals surface area contributed by atoms with Crippen molar-refractivity contribution in [2.24, 2.45) is 5.92 Å². The molecule has 2 aromatic carbocycles. The average Bonchev–Trinajstić information content (AvgIpc) is 3.32. The third kappa shape index (κ3) is 8.85. The minimum Gasteiger partial charge on any atom is -0.460 e. The van der Waals surface area contributed by atoms with Crippen molar-refractivity contribution in [1.82, 2.24) is 5.16 Å². The normalized spacial score (nSPS) is 18.2. The molecule has 37 heavy (non-hydrogen) atoms. The molecule has 1 fully saturated rings. The quantitative estimate of drug-likeness (QED) is 0.177. The van der Waals surface area contributed by atoms with Crippen LogP contribution in [0.3, 0.4) is 0 Å². The van der Waals surface area contributed by atoms with Crippen molar-refractivity contribution in [1.29, 1.82) is 0 Å². The fourth-order valence-electron chi connectivity index (χ4n) is 5.04. The highest BCUT2D eigenvalue weighted by molar-refractivity contribution is 5.71. The summed E-state index contributed by atoms with van der Waals surface area (Å²) in [5.41, 5.74) is 2.93. The van der Waals surface area contributed by atoms with Crippen LogP contribution in [0.25, 0.3) is 0 Å². The molecular weight excluding hydrogens is 462 g/mol. The van der Waals surface area contributed by atoms with E-state index in [1.165, 1.54) is 12.0 Å². The summed E-state index contributed by atoms with van der Waals surface area (Å²) in [4.78, 5) is 12.6. The Balaban J connectivity index is 1.28.